The number of nitrogens with one attached hydrogen (secondary N) is 4. The fourth-order valence-corrected chi connectivity index (χ4v) is 3.86. The summed E-state index contributed by atoms with van der Waals surface area (Å²) in [6, 6.07) is 4.67. The number of carboxylic acid groups (broad SMARTS) is 1. The quantitative estimate of drug-likeness (QED) is 0.190. The normalized spacial score (nSPS) is 13.7. The van der Waals surface area contributed by atoms with Gasteiger partial charge in [0.1, 0.15) is 12.1 Å². The minimum Gasteiger partial charge on any atom is -0.480 e. The molecule has 180 valence electrons. The molecule has 0 saturated heterocycles. The van der Waals surface area contributed by atoms with E-state index in [1.54, 1.807) is 6.20 Å². The predicted molar refractivity (Wildman–Crippen MR) is 131 cm³/mol. The maximum Gasteiger partial charge on any atom is 0.326 e. The second-order valence-electron chi connectivity index (χ2n) is 7.37. The Morgan fingerprint density at radius 3 is 2.55 bits per heavy atom. The Kier molecular flexibility index (Phi) is 10.6. The molecule has 3 unspecified atom stereocenters. The molecular weight excluding hydrogens is 466 g/mol. The molecule has 1 aromatic carbocycles. The van der Waals surface area contributed by atoms with E-state index in [-0.39, 0.29) is 25.1 Å². The molecule has 0 fully saturated rings. The van der Waals surface area contributed by atoms with E-state index in [2.05, 4.69) is 33.6 Å². The molecule has 0 aliphatic heterocycles. The van der Waals surface area contributed by atoms with Crippen LogP contribution in [0.3, 0.4) is 0 Å². The van der Waals surface area contributed by atoms with Gasteiger partial charge in [-0.05, 0) is 36.5 Å². The molecular formula is C21H29N5O5S2. The van der Waals surface area contributed by atoms with Crippen LogP contribution in [0.5, 0.6) is 0 Å². The third-order valence-electron chi connectivity index (χ3n) is 4.93. The minimum absolute atomic E-state index is 0.0412. The van der Waals surface area contributed by atoms with Gasteiger partial charge < -0.3 is 31.8 Å². The molecule has 2 aromatic rings. The summed E-state index contributed by atoms with van der Waals surface area (Å²) < 4.78 is 0. The lowest BCUT2D eigenvalue weighted by atomic mass is 10.1. The first-order chi connectivity index (χ1) is 15.8. The van der Waals surface area contributed by atoms with E-state index in [9.17, 15) is 24.3 Å². The van der Waals surface area contributed by atoms with Gasteiger partial charge >= 0.3 is 5.97 Å². The predicted octanol–water partition coefficient (Wildman–Crippen LogP) is -0.109. The molecule has 0 aliphatic carbocycles. The summed E-state index contributed by atoms with van der Waals surface area (Å²) in [5.41, 5.74) is 7.82. The van der Waals surface area contributed by atoms with Crippen LogP contribution < -0.4 is 21.7 Å². The molecule has 0 saturated carbocycles. The van der Waals surface area contributed by atoms with Crippen molar-refractivity contribution in [2.24, 2.45) is 5.73 Å². The second-order valence-corrected chi connectivity index (χ2v) is 8.72. The number of aromatic amines is 1. The zero-order chi connectivity index (χ0) is 24.4. The number of aromatic nitrogens is 1. The number of carbonyl (C=O) groups is 4. The summed E-state index contributed by atoms with van der Waals surface area (Å²) in [5.74, 6) is -2.43. The lowest BCUT2D eigenvalue weighted by Gasteiger charge is -2.20. The molecule has 3 amide bonds. The summed E-state index contributed by atoms with van der Waals surface area (Å²) in [5, 5.41) is 17.5. The molecule has 0 aliphatic rings. The van der Waals surface area contributed by atoms with E-state index in [4.69, 9.17) is 5.73 Å². The van der Waals surface area contributed by atoms with Gasteiger partial charge in [-0.2, -0.15) is 24.4 Å². The van der Waals surface area contributed by atoms with Crippen molar-refractivity contribution in [3.8, 4) is 0 Å². The summed E-state index contributed by atoms with van der Waals surface area (Å²) >= 11 is 5.52. The minimum atomic E-state index is -1.15. The number of fused-ring (bicyclic) bond motifs is 1. The number of carboxylic acids is 1. The van der Waals surface area contributed by atoms with Gasteiger partial charge in [0.25, 0.3) is 0 Å². The monoisotopic (exact) mass is 495 g/mol. The van der Waals surface area contributed by atoms with Gasteiger partial charge in [-0.25, -0.2) is 4.79 Å². The highest BCUT2D eigenvalue weighted by atomic mass is 32.2. The molecule has 0 radical (unpaired) electrons. The second kappa shape index (κ2) is 13.1. The summed E-state index contributed by atoms with van der Waals surface area (Å²) in [6.45, 7) is -0.382. The van der Waals surface area contributed by atoms with Crippen LogP contribution in [0, 0.1) is 0 Å². The highest BCUT2D eigenvalue weighted by molar-refractivity contribution is 7.98. The van der Waals surface area contributed by atoms with Crippen molar-refractivity contribution < 1.29 is 24.3 Å². The van der Waals surface area contributed by atoms with Crippen molar-refractivity contribution in [3.05, 3.63) is 36.0 Å². The fraction of sp³-hybridized carbons (Fsp3) is 0.429. The number of thiol groups is 1. The molecule has 0 bridgehead atoms. The van der Waals surface area contributed by atoms with Gasteiger partial charge in [-0.1, -0.05) is 18.2 Å². The van der Waals surface area contributed by atoms with E-state index >= 15 is 0 Å². The Balaban J connectivity index is 1.83. The van der Waals surface area contributed by atoms with Gasteiger partial charge in [0, 0.05) is 22.9 Å². The molecule has 3 atom stereocenters. The first kappa shape index (κ1) is 26.6. The average Bonchev–Trinajstić information content (AvgIpc) is 3.20. The molecule has 1 aromatic heterocycles. The van der Waals surface area contributed by atoms with Crippen LogP contribution in [-0.4, -0.2) is 76.2 Å². The van der Waals surface area contributed by atoms with Gasteiger partial charge in [-0.15, -0.1) is 0 Å². The number of H-pyrrole nitrogens is 1. The van der Waals surface area contributed by atoms with Crippen LogP contribution in [-0.2, 0) is 25.6 Å². The standard InChI is InChI=1S/C21H29N5O5S2/c1-33-7-6-16(21(30)31)26-20(29)17(11-32)25-18(27)10-24-19(28)14(22)8-12-9-23-15-5-3-2-4-13(12)15/h2-5,9,14,16-17,23,32H,6-8,10-11,22H2,1H3,(H,24,28)(H,25,27)(H,26,29)(H,30,31). The lowest BCUT2D eigenvalue weighted by molar-refractivity contribution is -0.142. The number of carbonyl (C=O) groups excluding carboxylic acids is 3. The Bertz CT molecular complexity index is 983. The zero-order valence-corrected chi connectivity index (χ0v) is 19.9. The van der Waals surface area contributed by atoms with Crippen molar-refractivity contribution in [2.45, 2.75) is 31.0 Å². The van der Waals surface area contributed by atoms with Crippen LogP contribution in [0.25, 0.3) is 10.9 Å². The van der Waals surface area contributed by atoms with Crippen molar-refractivity contribution in [2.75, 3.05) is 24.3 Å². The summed E-state index contributed by atoms with van der Waals surface area (Å²) in [7, 11) is 0. The van der Waals surface area contributed by atoms with Crippen molar-refractivity contribution in [3.63, 3.8) is 0 Å². The Morgan fingerprint density at radius 2 is 1.88 bits per heavy atom. The molecule has 1 heterocycles. The summed E-state index contributed by atoms with van der Waals surface area (Å²) in [4.78, 5) is 51.3. The topological polar surface area (TPSA) is 166 Å². The zero-order valence-electron chi connectivity index (χ0n) is 18.2. The van der Waals surface area contributed by atoms with Crippen LogP contribution in [0.15, 0.2) is 30.5 Å². The van der Waals surface area contributed by atoms with Crippen molar-refractivity contribution in [1.29, 1.82) is 0 Å². The molecule has 0 spiro atoms. The highest BCUT2D eigenvalue weighted by Gasteiger charge is 2.26. The van der Waals surface area contributed by atoms with Crippen LogP contribution in [0.4, 0.5) is 0 Å². The fourth-order valence-electron chi connectivity index (χ4n) is 3.13. The van der Waals surface area contributed by atoms with E-state index in [1.165, 1.54) is 11.8 Å². The number of benzene rings is 1. The van der Waals surface area contributed by atoms with Crippen LogP contribution in [0.2, 0.25) is 0 Å². The van der Waals surface area contributed by atoms with Crippen LogP contribution in [0.1, 0.15) is 12.0 Å². The smallest absolute Gasteiger partial charge is 0.326 e. The van der Waals surface area contributed by atoms with Crippen molar-refractivity contribution >= 4 is 59.0 Å². The first-order valence-electron chi connectivity index (χ1n) is 10.3. The molecule has 7 N–H and O–H groups in total. The van der Waals surface area contributed by atoms with E-state index in [0.717, 1.165) is 16.5 Å². The van der Waals surface area contributed by atoms with Gasteiger partial charge in [0.15, 0.2) is 0 Å². The SMILES string of the molecule is CSCCC(NC(=O)C(CS)NC(=O)CNC(=O)C(N)Cc1c[nH]c2ccccc12)C(=O)O. The molecule has 10 nitrogen and oxygen atoms in total. The van der Waals surface area contributed by atoms with Crippen molar-refractivity contribution in [1.82, 2.24) is 20.9 Å². The molecule has 2 rings (SSSR count). The maximum absolute atomic E-state index is 12.4. The molecule has 12 heteroatoms. The van der Waals surface area contributed by atoms with E-state index in [1.807, 2.05) is 30.5 Å². The Morgan fingerprint density at radius 1 is 1.15 bits per heavy atom. The van der Waals surface area contributed by atoms with Gasteiger partial charge in [0.05, 0.1) is 12.6 Å². The largest absolute Gasteiger partial charge is 0.480 e. The number of rotatable bonds is 13. The Labute approximate surface area is 201 Å². The number of amides is 3. The lowest BCUT2D eigenvalue weighted by Crippen LogP contribution is -2.54. The maximum atomic E-state index is 12.4. The van der Waals surface area contributed by atoms with Gasteiger partial charge in [0.2, 0.25) is 17.7 Å². The summed E-state index contributed by atoms with van der Waals surface area (Å²) in [6.07, 6.45) is 4.16. The number of hydrogen-bond acceptors (Lipinski definition) is 7. The molecule has 33 heavy (non-hydrogen) atoms. The Hall–Kier alpha value is -2.70. The van der Waals surface area contributed by atoms with Gasteiger partial charge in [-0.3, -0.25) is 14.4 Å². The number of hydrogen-bond donors (Lipinski definition) is 7. The van der Waals surface area contributed by atoms with Crippen LogP contribution >= 0.6 is 24.4 Å². The van der Waals surface area contributed by atoms with E-state index in [0.29, 0.717) is 5.75 Å². The third-order valence-corrected chi connectivity index (χ3v) is 5.94. The number of nitrogens with two attached hydrogens (primary N) is 1. The number of thioether (sulfide) groups is 1. The third kappa shape index (κ3) is 7.98. The average molecular weight is 496 g/mol. The number of para-hydroxylation sites is 1. The first-order valence-corrected chi connectivity index (χ1v) is 12.3. The number of aliphatic carboxylic acids is 1. The van der Waals surface area contributed by atoms with E-state index < -0.39 is 41.8 Å². The highest BCUT2D eigenvalue weighted by Crippen LogP contribution is 2.18.